The van der Waals surface area contributed by atoms with Gasteiger partial charge in [0.15, 0.2) is 17.5 Å². The van der Waals surface area contributed by atoms with Crippen molar-refractivity contribution in [1.29, 1.82) is 0 Å². The van der Waals surface area contributed by atoms with Crippen molar-refractivity contribution in [2.45, 2.75) is 6.42 Å². The molecule has 0 aromatic heterocycles. The lowest BCUT2D eigenvalue weighted by Crippen LogP contribution is -2.39. The van der Waals surface area contributed by atoms with Gasteiger partial charge in [0, 0.05) is 25.9 Å². The first-order chi connectivity index (χ1) is 9.83. The number of thioether (sulfide) groups is 1. The molecule has 1 aromatic rings. The van der Waals surface area contributed by atoms with E-state index in [4.69, 9.17) is 9.47 Å². The molecule has 0 bridgehead atoms. The van der Waals surface area contributed by atoms with Gasteiger partial charge in [-0.2, -0.15) is 11.8 Å². The summed E-state index contributed by atoms with van der Waals surface area (Å²) in [6.07, 6.45) is 3.01. The lowest BCUT2D eigenvalue weighted by molar-refractivity contribution is 0.174. The van der Waals surface area contributed by atoms with Crippen LogP contribution in [-0.4, -0.2) is 44.9 Å². The number of benzene rings is 1. The number of hydrogen-bond acceptors (Lipinski definition) is 4. The highest BCUT2D eigenvalue weighted by atomic mass is 32.2. The van der Waals surface area contributed by atoms with Crippen LogP contribution in [-0.2, 0) is 6.42 Å². The van der Waals surface area contributed by atoms with Gasteiger partial charge in [-0.05, 0) is 30.4 Å². The minimum absolute atomic E-state index is 0.322. The third-order valence-corrected chi connectivity index (χ3v) is 3.58. The molecule has 5 nitrogen and oxygen atoms in total. The number of hydrogen-bond donors (Lipinski definition) is 2. The molecular weight excluding hydrogens is 274 g/mol. The molecule has 0 unspecified atom stereocenters. The third-order valence-electron chi connectivity index (χ3n) is 2.97. The topological polar surface area (TPSA) is 54.9 Å². The molecule has 0 spiro atoms. The summed E-state index contributed by atoms with van der Waals surface area (Å²) in [5.41, 5.74) is 1.22. The minimum Gasteiger partial charge on any atom is -0.454 e. The Bertz CT molecular complexity index is 466. The summed E-state index contributed by atoms with van der Waals surface area (Å²) in [6, 6.07) is 6.07. The summed E-state index contributed by atoms with van der Waals surface area (Å²) in [4.78, 5) is 4.19. The standard InChI is InChI=1S/C14H21N3O2S/c1-15-14(17-7-8-20-2)16-6-5-11-3-4-12-13(9-11)19-10-18-12/h3-4,9H,5-8,10H2,1-2H3,(H2,15,16,17). The SMILES string of the molecule is CN=C(NCCSC)NCCc1ccc2c(c1)OCO2. The average Bonchev–Trinajstić information content (AvgIpc) is 2.93. The van der Waals surface area contributed by atoms with Crippen LogP contribution in [0.4, 0.5) is 0 Å². The molecule has 0 fully saturated rings. The largest absolute Gasteiger partial charge is 0.454 e. The fourth-order valence-corrected chi connectivity index (χ4v) is 2.22. The van der Waals surface area contributed by atoms with Crippen molar-refractivity contribution in [2.24, 2.45) is 4.99 Å². The summed E-state index contributed by atoms with van der Waals surface area (Å²) < 4.78 is 10.7. The van der Waals surface area contributed by atoms with Gasteiger partial charge < -0.3 is 20.1 Å². The molecule has 1 aromatic carbocycles. The second-order valence-corrected chi connectivity index (χ2v) is 5.34. The first-order valence-electron chi connectivity index (χ1n) is 6.65. The zero-order valence-electron chi connectivity index (χ0n) is 11.9. The number of rotatable bonds is 6. The number of fused-ring (bicyclic) bond motifs is 1. The van der Waals surface area contributed by atoms with Crippen LogP contribution in [0, 0.1) is 0 Å². The first kappa shape index (κ1) is 14.8. The molecule has 1 aliphatic heterocycles. The molecule has 0 radical (unpaired) electrons. The second-order valence-electron chi connectivity index (χ2n) is 4.36. The van der Waals surface area contributed by atoms with E-state index in [2.05, 4.69) is 27.9 Å². The lowest BCUT2D eigenvalue weighted by atomic mass is 10.1. The molecule has 2 rings (SSSR count). The second kappa shape index (κ2) is 7.89. The fraction of sp³-hybridized carbons (Fsp3) is 0.500. The zero-order valence-corrected chi connectivity index (χ0v) is 12.8. The maximum atomic E-state index is 5.37. The summed E-state index contributed by atoms with van der Waals surface area (Å²) >= 11 is 1.82. The van der Waals surface area contributed by atoms with Gasteiger partial charge in [-0.3, -0.25) is 4.99 Å². The summed E-state index contributed by atoms with van der Waals surface area (Å²) in [5, 5.41) is 6.57. The molecule has 0 aliphatic carbocycles. The van der Waals surface area contributed by atoms with Crippen LogP contribution in [0.3, 0.4) is 0 Å². The van der Waals surface area contributed by atoms with Crippen molar-refractivity contribution in [3.63, 3.8) is 0 Å². The van der Waals surface area contributed by atoms with Crippen LogP contribution in [0.25, 0.3) is 0 Å². The number of nitrogens with zero attached hydrogens (tertiary/aromatic N) is 1. The van der Waals surface area contributed by atoms with Gasteiger partial charge in [0.2, 0.25) is 6.79 Å². The average molecular weight is 295 g/mol. The summed E-state index contributed by atoms with van der Waals surface area (Å²) in [5.74, 6) is 3.59. The first-order valence-corrected chi connectivity index (χ1v) is 8.05. The molecular formula is C14H21N3O2S. The predicted molar refractivity (Wildman–Crippen MR) is 84.0 cm³/mol. The summed E-state index contributed by atoms with van der Waals surface area (Å²) in [6.45, 7) is 2.08. The Morgan fingerprint density at radius 1 is 1.25 bits per heavy atom. The van der Waals surface area contributed by atoms with E-state index in [1.807, 2.05) is 23.9 Å². The number of guanidine groups is 1. The van der Waals surface area contributed by atoms with Gasteiger partial charge in [0.25, 0.3) is 0 Å². The molecule has 2 N–H and O–H groups in total. The van der Waals surface area contributed by atoms with E-state index in [0.717, 1.165) is 42.7 Å². The molecule has 1 aliphatic rings. The number of aliphatic imine (C=N–C) groups is 1. The molecule has 0 atom stereocenters. The highest BCUT2D eigenvalue weighted by Crippen LogP contribution is 2.32. The van der Waals surface area contributed by atoms with E-state index in [1.165, 1.54) is 5.56 Å². The van der Waals surface area contributed by atoms with Crippen molar-refractivity contribution in [1.82, 2.24) is 10.6 Å². The van der Waals surface area contributed by atoms with Crippen LogP contribution in [0.1, 0.15) is 5.56 Å². The van der Waals surface area contributed by atoms with Gasteiger partial charge in [-0.25, -0.2) is 0 Å². The van der Waals surface area contributed by atoms with E-state index in [0.29, 0.717) is 6.79 Å². The summed E-state index contributed by atoms with van der Waals surface area (Å²) in [7, 11) is 1.79. The molecule has 1 heterocycles. The van der Waals surface area contributed by atoms with E-state index in [9.17, 15) is 0 Å². The molecule has 0 amide bonds. The predicted octanol–water partition coefficient (Wildman–Crippen LogP) is 1.49. The van der Waals surface area contributed by atoms with E-state index < -0.39 is 0 Å². The van der Waals surface area contributed by atoms with Gasteiger partial charge in [-0.1, -0.05) is 6.07 Å². The van der Waals surface area contributed by atoms with Crippen LogP contribution in [0.2, 0.25) is 0 Å². The van der Waals surface area contributed by atoms with Crippen LogP contribution >= 0.6 is 11.8 Å². The Hall–Kier alpha value is -1.56. The lowest BCUT2D eigenvalue weighted by Gasteiger charge is -2.11. The van der Waals surface area contributed by atoms with Gasteiger partial charge >= 0.3 is 0 Å². The Morgan fingerprint density at radius 2 is 2.05 bits per heavy atom. The highest BCUT2D eigenvalue weighted by Gasteiger charge is 2.12. The Kier molecular flexibility index (Phi) is 5.86. The minimum atomic E-state index is 0.322. The quantitative estimate of drug-likeness (QED) is 0.473. The van der Waals surface area contributed by atoms with Gasteiger partial charge in [0.1, 0.15) is 0 Å². The molecule has 110 valence electrons. The van der Waals surface area contributed by atoms with Crippen molar-refractivity contribution < 1.29 is 9.47 Å². The van der Waals surface area contributed by atoms with Gasteiger partial charge in [-0.15, -0.1) is 0 Å². The Balaban J connectivity index is 1.74. The van der Waals surface area contributed by atoms with Gasteiger partial charge in [0.05, 0.1) is 0 Å². The van der Waals surface area contributed by atoms with Crippen LogP contribution in [0.15, 0.2) is 23.2 Å². The monoisotopic (exact) mass is 295 g/mol. The number of ether oxygens (including phenoxy) is 2. The van der Waals surface area contributed by atoms with Crippen LogP contribution in [0.5, 0.6) is 11.5 Å². The maximum Gasteiger partial charge on any atom is 0.231 e. The molecule has 20 heavy (non-hydrogen) atoms. The van der Waals surface area contributed by atoms with Crippen molar-refractivity contribution in [3.8, 4) is 11.5 Å². The maximum absolute atomic E-state index is 5.37. The van der Waals surface area contributed by atoms with E-state index in [1.54, 1.807) is 7.05 Å². The van der Waals surface area contributed by atoms with Crippen molar-refractivity contribution in [3.05, 3.63) is 23.8 Å². The number of nitrogens with one attached hydrogen (secondary N) is 2. The van der Waals surface area contributed by atoms with Crippen molar-refractivity contribution >= 4 is 17.7 Å². The normalized spacial score (nSPS) is 13.4. The van der Waals surface area contributed by atoms with Crippen molar-refractivity contribution in [2.75, 3.05) is 38.9 Å². The molecule has 0 saturated heterocycles. The fourth-order valence-electron chi connectivity index (χ4n) is 1.91. The van der Waals surface area contributed by atoms with Crippen LogP contribution < -0.4 is 20.1 Å². The highest BCUT2D eigenvalue weighted by molar-refractivity contribution is 7.98. The smallest absolute Gasteiger partial charge is 0.231 e. The Morgan fingerprint density at radius 3 is 2.85 bits per heavy atom. The third kappa shape index (κ3) is 4.23. The van der Waals surface area contributed by atoms with E-state index in [-0.39, 0.29) is 0 Å². The van der Waals surface area contributed by atoms with E-state index >= 15 is 0 Å². The molecule has 6 heteroatoms. The molecule has 0 saturated carbocycles. The zero-order chi connectivity index (χ0) is 14.2. The Labute approximate surface area is 124 Å².